The summed E-state index contributed by atoms with van der Waals surface area (Å²) in [6.07, 6.45) is 23.1. The van der Waals surface area contributed by atoms with Gasteiger partial charge in [0, 0.05) is 0 Å². The Hall–Kier alpha value is 0.777. The van der Waals surface area contributed by atoms with E-state index in [0.717, 1.165) is 19.1 Å². The molecule has 0 aromatic rings. The van der Waals surface area contributed by atoms with E-state index in [9.17, 15) is 0 Å². The molecule has 5 aliphatic rings. The normalized spacial score (nSPS) is 38.8. The first-order valence-electron chi connectivity index (χ1n) is 14.4. The number of rotatable bonds is 6. The molecular formula is C30H52Cl2O2Si2Zr. The molecule has 0 N–H and O–H groups in total. The van der Waals surface area contributed by atoms with Gasteiger partial charge in [-0.15, -0.1) is 24.8 Å². The second-order valence-corrected chi connectivity index (χ2v) is 33.0. The maximum absolute atomic E-state index is 7.23. The Bertz CT molecular complexity index is 848. The average molecular weight is 663 g/mol. The van der Waals surface area contributed by atoms with Gasteiger partial charge in [-0.2, -0.15) is 0 Å². The Morgan fingerprint density at radius 2 is 0.973 bits per heavy atom. The van der Waals surface area contributed by atoms with Gasteiger partial charge in [0.05, 0.1) is 0 Å². The van der Waals surface area contributed by atoms with Gasteiger partial charge >= 0.3 is 225 Å². The zero-order valence-corrected chi connectivity index (χ0v) is 30.8. The minimum absolute atomic E-state index is 0. The monoisotopic (exact) mass is 660 g/mol. The quantitative estimate of drug-likeness (QED) is 0.264. The average Bonchev–Trinajstić information content (AvgIpc) is 3.33. The van der Waals surface area contributed by atoms with Gasteiger partial charge in [-0.05, 0) is 0 Å². The van der Waals surface area contributed by atoms with Crippen LogP contribution in [0, 0.1) is 23.7 Å². The number of fused-ring (bicyclic) bond motifs is 2. The van der Waals surface area contributed by atoms with Crippen LogP contribution in [0.2, 0.25) is 38.7 Å². The van der Waals surface area contributed by atoms with E-state index in [-0.39, 0.29) is 24.8 Å². The summed E-state index contributed by atoms with van der Waals surface area (Å²) in [5, 5.41) is 0.649. The van der Waals surface area contributed by atoms with Crippen LogP contribution in [0.15, 0.2) is 48.6 Å². The third-order valence-electron chi connectivity index (χ3n) is 10.6. The Balaban J connectivity index is 0.00000190. The second-order valence-electron chi connectivity index (χ2n) is 14.6. The van der Waals surface area contributed by atoms with E-state index in [1.807, 2.05) is 0 Å². The summed E-state index contributed by atoms with van der Waals surface area (Å²) in [5.41, 5.74) is 0. The van der Waals surface area contributed by atoms with E-state index in [1.54, 1.807) is 8.26 Å². The fraction of sp³-hybridized carbons (Fsp3) is 0.733. The number of hydrogen-bond donors (Lipinski definition) is 0. The number of allylic oxidation sites excluding steroid dienone is 8. The number of halogens is 2. The van der Waals surface area contributed by atoms with Gasteiger partial charge in [0.1, 0.15) is 0 Å². The molecule has 1 aliphatic heterocycles. The third kappa shape index (κ3) is 6.34. The molecule has 0 amide bonds. The first-order chi connectivity index (χ1) is 16.4. The fourth-order valence-electron chi connectivity index (χ4n) is 7.66. The van der Waals surface area contributed by atoms with E-state index >= 15 is 0 Å². The van der Waals surface area contributed by atoms with Crippen molar-refractivity contribution in [3.05, 3.63) is 48.6 Å². The molecule has 2 saturated carbocycles. The third-order valence-corrected chi connectivity index (χ3v) is 31.3. The molecule has 0 radical (unpaired) electrons. The number of hydrogen-bond acceptors (Lipinski definition) is 2. The molecule has 210 valence electrons. The molecule has 0 aromatic carbocycles. The van der Waals surface area contributed by atoms with Crippen molar-refractivity contribution >= 4 is 42.9 Å². The van der Waals surface area contributed by atoms with Gasteiger partial charge in [-0.25, -0.2) is 0 Å². The van der Waals surface area contributed by atoms with E-state index in [2.05, 4.69) is 103 Å². The van der Waals surface area contributed by atoms with Crippen molar-refractivity contribution < 1.29 is 29.1 Å². The maximum Gasteiger partial charge on any atom is -0.147 e. The summed E-state index contributed by atoms with van der Waals surface area (Å²) in [7, 11) is -2.54. The van der Waals surface area contributed by atoms with Gasteiger partial charge in [-0.1, -0.05) is 0 Å². The van der Waals surface area contributed by atoms with Crippen LogP contribution < -0.4 is 0 Å². The van der Waals surface area contributed by atoms with E-state index in [4.69, 9.17) is 8.85 Å². The summed E-state index contributed by atoms with van der Waals surface area (Å²) in [6.45, 7) is 19.3. The molecule has 0 bridgehead atoms. The molecule has 37 heavy (non-hydrogen) atoms. The largest absolute Gasteiger partial charge is 0.147 e. The van der Waals surface area contributed by atoms with Crippen molar-refractivity contribution in [1.82, 2.24) is 0 Å². The van der Waals surface area contributed by atoms with Crippen molar-refractivity contribution in [3.8, 4) is 0 Å². The maximum atomic E-state index is 7.23. The molecule has 0 aromatic heterocycles. The Labute approximate surface area is 247 Å². The molecule has 10 unspecified atom stereocenters. The van der Waals surface area contributed by atoms with Crippen molar-refractivity contribution in [1.29, 1.82) is 0 Å². The summed E-state index contributed by atoms with van der Waals surface area (Å²) >= 11 is -2.55. The van der Waals surface area contributed by atoms with Gasteiger partial charge in [0.2, 0.25) is 0 Å². The molecular weight excluding hydrogens is 611 g/mol. The summed E-state index contributed by atoms with van der Waals surface area (Å²) in [5.74, 6) is 2.85. The molecule has 1 heterocycles. The molecule has 7 heteroatoms. The molecule has 1 saturated heterocycles. The van der Waals surface area contributed by atoms with E-state index in [1.165, 1.54) is 12.8 Å². The topological polar surface area (TPSA) is 18.5 Å². The molecule has 4 aliphatic carbocycles. The standard InChI is InChI=1S/2C14H23OSi.C2H4.2ClH.Zr/c2*1-14(2,3)16(4)15-13-9-11-7-5-6-8-12(11)10-13;1-2;;;/h2*5-9,11-13,16H,10H2,1-4H3;1-2H2;2*1H;. The predicted molar refractivity (Wildman–Crippen MR) is 167 cm³/mol. The summed E-state index contributed by atoms with van der Waals surface area (Å²) in [4.78, 5) is 0. The van der Waals surface area contributed by atoms with Crippen LogP contribution in [0.5, 0.6) is 0 Å². The fourth-order valence-corrected chi connectivity index (χ4v) is 30.4. The van der Waals surface area contributed by atoms with Crippen LogP contribution in [0.25, 0.3) is 0 Å². The van der Waals surface area contributed by atoms with Gasteiger partial charge in [-0.3, -0.25) is 0 Å². The van der Waals surface area contributed by atoms with Crippen molar-refractivity contribution in [3.63, 3.8) is 0 Å². The van der Waals surface area contributed by atoms with Crippen LogP contribution >= 0.6 is 24.8 Å². The smallest absolute Gasteiger partial charge is 0.147 e. The molecule has 10 atom stereocenters. The molecule has 3 fully saturated rings. The van der Waals surface area contributed by atoms with Gasteiger partial charge in [0.25, 0.3) is 0 Å². The summed E-state index contributed by atoms with van der Waals surface area (Å²) < 4.78 is 19.3. The van der Waals surface area contributed by atoms with Gasteiger partial charge in [0.15, 0.2) is 0 Å². The Morgan fingerprint density at radius 3 is 1.30 bits per heavy atom. The van der Waals surface area contributed by atoms with Crippen LogP contribution in [0.1, 0.15) is 54.4 Å². The van der Waals surface area contributed by atoms with E-state index in [0.29, 0.717) is 34.1 Å². The van der Waals surface area contributed by atoms with Crippen LogP contribution in [0.3, 0.4) is 0 Å². The SMILES string of the molecule is C[SiH](OC1CC2C=CC=CC2[CH]1[Zr]1([CH]2C(O[SiH](C)C(C)(C)C)CC3C=CC=CC32)[CH2][CH2]1)C(C)(C)C.Cl.Cl. The van der Waals surface area contributed by atoms with E-state index < -0.39 is 38.3 Å². The first-order valence-corrected chi connectivity index (χ1v) is 25.1. The Morgan fingerprint density at radius 1 is 0.622 bits per heavy atom. The van der Waals surface area contributed by atoms with Crippen LogP contribution in [-0.4, -0.2) is 30.3 Å². The zero-order valence-electron chi connectivity index (χ0n) is 24.4. The minimum Gasteiger partial charge on any atom is -0.147 e. The molecule has 5 rings (SSSR count). The molecule has 0 spiro atoms. The van der Waals surface area contributed by atoms with Crippen LogP contribution in [0.4, 0.5) is 0 Å². The second kappa shape index (κ2) is 11.9. The molecule has 2 nitrogen and oxygen atoms in total. The van der Waals surface area contributed by atoms with Crippen LogP contribution in [-0.2, 0) is 29.1 Å². The summed E-state index contributed by atoms with van der Waals surface area (Å²) in [6, 6.07) is 0. The first kappa shape index (κ1) is 32.3. The van der Waals surface area contributed by atoms with Crippen molar-refractivity contribution in [2.24, 2.45) is 23.7 Å². The van der Waals surface area contributed by atoms with Crippen molar-refractivity contribution in [2.45, 2.75) is 105 Å². The zero-order chi connectivity index (χ0) is 25.2. The van der Waals surface area contributed by atoms with Crippen molar-refractivity contribution in [2.75, 3.05) is 0 Å². The minimum atomic E-state index is -2.55. The predicted octanol–water partition coefficient (Wildman–Crippen LogP) is 9.01. The Kier molecular flexibility index (Phi) is 10.4. The van der Waals surface area contributed by atoms with Gasteiger partial charge < -0.3 is 0 Å².